The number of rotatable bonds is 5. The van der Waals surface area contributed by atoms with E-state index in [-0.39, 0.29) is 11.3 Å². The van der Waals surface area contributed by atoms with E-state index in [1.54, 1.807) is 6.26 Å². The second kappa shape index (κ2) is 7.24. The predicted octanol–water partition coefficient (Wildman–Crippen LogP) is 4.76. The van der Waals surface area contributed by atoms with Crippen molar-refractivity contribution in [3.63, 3.8) is 0 Å². The normalized spacial score (nSPS) is 11.5. The number of aromatic nitrogens is 1. The molecule has 4 nitrogen and oxygen atoms in total. The van der Waals surface area contributed by atoms with Crippen molar-refractivity contribution in [2.45, 2.75) is 39.3 Å². The van der Waals surface area contributed by atoms with Crippen molar-refractivity contribution in [3.05, 3.63) is 83.6 Å². The van der Waals surface area contributed by atoms with Gasteiger partial charge in [-0.2, -0.15) is 0 Å². The van der Waals surface area contributed by atoms with Gasteiger partial charge in [-0.3, -0.25) is 4.79 Å². The van der Waals surface area contributed by atoms with Crippen LogP contribution in [0.25, 0.3) is 0 Å². The molecule has 0 bridgehead atoms. The monoisotopic (exact) mass is 350 g/mol. The molecule has 0 N–H and O–H groups in total. The molecule has 1 aromatic carbocycles. The second-order valence-corrected chi connectivity index (χ2v) is 7.68. The Bertz CT molecular complexity index is 852. The van der Waals surface area contributed by atoms with Crippen LogP contribution in [0.3, 0.4) is 0 Å². The fraction of sp³-hybridized carbons (Fsp3) is 0.318. The molecule has 136 valence electrons. The van der Waals surface area contributed by atoms with Gasteiger partial charge in [-0.1, -0.05) is 32.9 Å². The van der Waals surface area contributed by atoms with Crippen LogP contribution in [0.15, 0.2) is 65.4 Å². The Labute approximate surface area is 155 Å². The Hall–Kier alpha value is -2.75. The van der Waals surface area contributed by atoms with Crippen molar-refractivity contribution < 1.29 is 9.21 Å². The van der Waals surface area contributed by atoms with Gasteiger partial charge in [0.05, 0.1) is 19.4 Å². The van der Waals surface area contributed by atoms with Crippen LogP contribution in [0, 0.1) is 0 Å². The number of hydrogen-bond acceptors (Lipinski definition) is 2. The van der Waals surface area contributed by atoms with Gasteiger partial charge in [-0.15, -0.1) is 0 Å². The number of aryl methyl sites for hydroxylation is 1. The topological polar surface area (TPSA) is 38.4 Å². The molecule has 0 unspecified atom stereocenters. The van der Waals surface area contributed by atoms with Gasteiger partial charge < -0.3 is 13.9 Å². The minimum atomic E-state index is 0.00283. The van der Waals surface area contributed by atoms with Gasteiger partial charge in [-0.05, 0) is 47.4 Å². The zero-order chi connectivity index (χ0) is 18.7. The molecule has 2 aromatic heterocycles. The molecule has 3 aromatic rings. The number of furan rings is 1. The highest BCUT2D eigenvalue weighted by molar-refractivity contribution is 5.94. The van der Waals surface area contributed by atoms with Gasteiger partial charge in [-0.25, -0.2) is 0 Å². The Morgan fingerprint density at radius 3 is 2.31 bits per heavy atom. The minimum absolute atomic E-state index is 0.00283. The first kappa shape index (κ1) is 18.1. The third-order valence-electron chi connectivity index (χ3n) is 4.62. The number of amides is 1. The lowest BCUT2D eigenvalue weighted by Crippen LogP contribution is -2.30. The molecular weight excluding hydrogens is 324 g/mol. The quantitative estimate of drug-likeness (QED) is 0.665. The molecule has 0 aliphatic rings. The van der Waals surface area contributed by atoms with Crippen molar-refractivity contribution in [2.75, 3.05) is 0 Å². The summed E-state index contributed by atoms with van der Waals surface area (Å²) in [5.74, 6) is 0.780. The first-order chi connectivity index (χ1) is 12.3. The van der Waals surface area contributed by atoms with Gasteiger partial charge in [0.2, 0.25) is 0 Å². The van der Waals surface area contributed by atoms with E-state index >= 15 is 0 Å². The molecule has 0 atom stereocenters. The zero-order valence-corrected chi connectivity index (χ0v) is 15.9. The molecule has 0 saturated carbocycles. The molecule has 1 amide bonds. The Morgan fingerprint density at radius 2 is 1.77 bits per heavy atom. The molecule has 26 heavy (non-hydrogen) atoms. The Kier molecular flexibility index (Phi) is 5.03. The van der Waals surface area contributed by atoms with Crippen molar-refractivity contribution in [1.29, 1.82) is 0 Å². The number of nitrogens with zero attached hydrogens (tertiary/aromatic N) is 2. The lowest BCUT2D eigenvalue weighted by molar-refractivity contribution is 0.0714. The maximum atomic E-state index is 13.1. The first-order valence-corrected chi connectivity index (χ1v) is 8.87. The van der Waals surface area contributed by atoms with Gasteiger partial charge in [0.15, 0.2) is 0 Å². The summed E-state index contributed by atoms with van der Waals surface area (Å²) in [7, 11) is 1.99. The average molecular weight is 350 g/mol. The van der Waals surface area contributed by atoms with Crippen LogP contribution in [0.4, 0.5) is 0 Å². The van der Waals surface area contributed by atoms with Crippen LogP contribution in [-0.4, -0.2) is 15.4 Å². The van der Waals surface area contributed by atoms with Crippen molar-refractivity contribution in [1.82, 2.24) is 9.47 Å². The zero-order valence-electron chi connectivity index (χ0n) is 15.9. The van der Waals surface area contributed by atoms with E-state index in [9.17, 15) is 4.79 Å². The van der Waals surface area contributed by atoms with Crippen LogP contribution < -0.4 is 0 Å². The van der Waals surface area contributed by atoms with Crippen LogP contribution in [0.2, 0.25) is 0 Å². The van der Waals surface area contributed by atoms with Gasteiger partial charge in [0, 0.05) is 24.5 Å². The van der Waals surface area contributed by atoms with Crippen molar-refractivity contribution >= 4 is 5.91 Å². The lowest BCUT2D eigenvalue weighted by atomic mass is 9.86. The van der Waals surface area contributed by atoms with E-state index in [1.165, 1.54) is 5.56 Å². The molecule has 4 heteroatoms. The molecule has 0 aliphatic heterocycles. The van der Waals surface area contributed by atoms with Gasteiger partial charge in [0.1, 0.15) is 5.76 Å². The van der Waals surface area contributed by atoms with Gasteiger partial charge in [0.25, 0.3) is 5.91 Å². The van der Waals surface area contributed by atoms with E-state index in [2.05, 4.69) is 20.8 Å². The summed E-state index contributed by atoms with van der Waals surface area (Å²) in [6.45, 7) is 7.48. The third kappa shape index (κ3) is 4.07. The molecule has 0 radical (unpaired) electrons. The summed E-state index contributed by atoms with van der Waals surface area (Å²) in [4.78, 5) is 15.0. The van der Waals surface area contributed by atoms with E-state index < -0.39 is 0 Å². The molecule has 0 fully saturated rings. The Morgan fingerprint density at radius 1 is 1.04 bits per heavy atom. The molecule has 3 rings (SSSR count). The Balaban J connectivity index is 1.85. The SMILES string of the molecule is Cn1cccc1CN(Cc1ccco1)C(=O)c1ccc(C(C)(C)C)cc1. The largest absolute Gasteiger partial charge is 0.467 e. The third-order valence-corrected chi connectivity index (χ3v) is 4.62. The summed E-state index contributed by atoms with van der Waals surface area (Å²) in [5, 5.41) is 0. The first-order valence-electron chi connectivity index (χ1n) is 8.87. The highest BCUT2D eigenvalue weighted by atomic mass is 16.3. The average Bonchev–Trinajstić information content (AvgIpc) is 3.25. The van der Waals surface area contributed by atoms with E-state index in [0.29, 0.717) is 18.7 Å². The van der Waals surface area contributed by atoms with E-state index in [4.69, 9.17) is 4.42 Å². The number of benzene rings is 1. The molecule has 0 aliphatic carbocycles. The summed E-state index contributed by atoms with van der Waals surface area (Å²) >= 11 is 0. The lowest BCUT2D eigenvalue weighted by Gasteiger charge is -2.23. The predicted molar refractivity (Wildman–Crippen MR) is 103 cm³/mol. The fourth-order valence-corrected chi connectivity index (χ4v) is 2.94. The highest BCUT2D eigenvalue weighted by Gasteiger charge is 2.20. The van der Waals surface area contributed by atoms with Crippen LogP contribution in [-0.2, 0) is 25.6 Å². The van der Waals surface area contributed by atoms with Crippen LogP contribution in [0.5, 0.6) is 0 Å². The fourth-order valence-electron chi connectivity index (χ4n) is 2.94. The smallest absolute Gasteiger partial charge is 0.254 e. The van der Waals surface area contributed by atoms with Crippen LogP contribution in [0.1, 0.15) is 48.1 Å². The number of carbonyl (C=O) groups is 1. The summed E-state index contributed by atoms with van der Waals surface area (Å²) < 4.78 is 7.50. The summed E-state index contributed by atoms with van der Waals surface area (Å²) in [6.07, 6.45) is 3.63. The molecule has 0 saturated heterocycles. The number of carbonyl (C=O) groups excluding carboxylic acids is 1. The molecule has 0 spiro atoms. The standard InChI is InChI=1S/C22H26N2O2/c1-22(2,3)18-11-9-17(10-12-18)21(25)24(16-20-8-6-14-26-20)15-19-7-5-13-23(19)4/h5-14H,15-16H2,1-4H3. The number of hydrogen-bond donors (Lipinski definition) is 0. The maximum Gasteiger partial charge on any atom is 0.254 e. The molecular formula is C22H26N2O2. The highest BCUT2D eigenvalue weighted by Crippen LogP contribution is 2.23. The second-order valence-electron chi connectivity index (χ2n) is 7.68. The van der Waals surface area contributed by atoms with Crippen LogP contribution >= 0.6 is 0 Å². The maximum absolute atomic E-state index is 13.1. The van der Waals surface area contributed by atoms with Crippen molar-refractivity contribution in [3.8, 4) is 0 Å². The minimum Gasteiger partial charge on any atom is -0.467 e. The summed E-state index contributed by atoms with van der Waals surface area (Å²) in [6, 6.07) is 15.7. The molecule has 2 heterocycles. The van der Waals surface area contributed by atoms with Gasteiger partial charge >= 0.3 is 0 Å². The van der Waals surface area contributed by atoms with E-state index in [1.807, 2.05) is 71.2 Å². The summed E-state index contributed by atoms with van der Waals surface area (Å²) in [5.41, 5.74) is 3.06. The van der Waals surface area contributed by atoms with E-state index in [0.717, 1.165) is 11.5 Å². The van der Waals surface area contributed by atoms with Crippen molar-refractivity contribution in [2.24, 2.45) is 7.05 Å².